The molecule has 0 bridgehead atoms. The maximum atomic E-state index is 11.2. The molecule has 4 N–H and O–H groups in total. The van der Waals surface area contributed by atoms with Gasteiger partial charge in [-0.05, 0) is 0 Å². The fraction of sp³-hybridized carbons (Fsp3) is 0.375. The number of rotatable bonds is 3. The maximum absolute atomic E-state index is 11.2. The molecule has 0 saturated heterocycles. The number of aromatic nitrogens is 2. The first-order valence-corrected chi connectivity index (χ1v) is 4.41. The zero-order chi connectivity index (χ0) is 11.3. The molecular formula is C8H13N5O2. The highest BCUT2D eigenvalue weighted by Crippen LogP contribution is 2.02. The molecule has 0 aliphatic rings. The third-order valence-corrected chi connectivity index (χ3v) is 1.60. The summed E-state index contributed by atoms with van der Waals surface area (Å²) in [6.45, 7) is 0.575. The lowest BCUT2D eigenvalue weighted by Crippen LogP contribution is -2.37. The third kappa shape index (κ3) is 3.39. The van der Waals surface area contributed by atoms with Crippen LogP contribution < -0.4 is 16.4 Å². The van der Waals surface area contributed by atoms with Crippen LogP contribution in [0.3, 0.4) is 0 Å². The Morgan fingerprint density at radius 3 is 2.80 bits per heavy atom. The number of aryl methyl sites for hydroxylation is 1. The van der Waals surface area contributed by atoms with Crippen LogP contribution in [0.25, 0.3) is 0 Å². The van der Waals surface area contributed by atoms with E-state index in [4.69, 9.17) is 5.73 Å². The minimum Gasteiger partial charge on any atom is -0.347 e. The molecule has 0 radical (unpaired) electrons. The fourth-order valence-electron chi connectivity index (χ4n) is 0.940. The van der Waals surface area contributed by atoms with Gasteiger partial charge in [0.15, 0.2) is 0 Å². The first kappa shape index (κ1) is 11.2. The van der Waals surface area contributed by atoms with Crippen LogP contribution in [0, 0.1) is 0 Å². The van der Waals surface area contributed by atoms with Gasteiger partial charge in [-0.1, -0.05) is 0 Å². The smallest absolute Gasteiger partial charge is 0.313 e. The zero-order valence-corrected chi connectivity index (χ0v) is 8.36. The second kappa shape index (κ2) is 5.11. The van der Waals surface area contributed by atoms with Gasteiger partial charge in [0, 0.05) is 26.3 Å². The van der Waals surface area contributed by atoms with Crippen LogP contribution in [0.15, 0.2) is 12.4 Å². The zero-order valence-electron chi connectivity index (χ0n) is 8.36. The van der Waals surface area contributed by atoms with Gasteiger partial charge >= 0.3 is 11.8 Å². The minimum absolute atomic E-state index is 0.277. The predicted octanol–water partition coefficient (Wildman–Crippen LogP) is -1.57. The highest BCUT2D eigenvalue weighted by molar-refractivity contribution is 6.39. The van der Waals surface area contributed by atoms with Crippen molar-refractivity contribution in [1.29, 1.82) is 0 Å². The number of nitrogens with two attached hydrogens (primary N) is 1. The molecule has 0 atom stereocenters. The molecule has 0 aromatic carbocycles. The van der Waals surface area contributed by atoms with Crippen molar-refractivity contribution >= 4 is 17.5 Å². The molecule has 0 saturated carbocycles. The topological polar surface area (TPSA) is 102 Å². The van der Waals surface area contributed by atoms with E-state index in [9.17, 15) is 9.59 Å². The van der Waals surface area contributed by atoms with Crippen LogP contribution in [0.1, 0.15) is 0 Å². The van der Waals surface area contributed by atoms with Crippen LogP contribution in [0.5, 0.6) is 0 Å². The van der Waals surface area contributed by atoms with Crippen molar-refractivity contribution in [1.82, 2.24) is 15.1 Å². The highest BCUT2D eigenvalue weighted by atomic mass is 16.2. The number of nitrogens with one attached hydrogen (secondary N) is 2. The van der Waals surface area contributed by atoms with Crippen molar-refractivity contribution in [3.8, 4) is 0 Å². The number of amides is 2. The summed E-state index contributed by atoms with van der Waals surface area (Å²) in [7, 11) is 1.71. The Hall–Kier alpha value is -1.89. The molecule has 1 aromatic heterocycles. The van der Waals surface area contributed by atoms with Crippen molar-refractivity contribution in [2.45, 2.75) is 0 Å². The van der Waals surface area contributed by atoms with E-state index >= 15 is 0 Å². The van der Waals surface area contributed by atoms with Gasteiger partial charge in [0.25, 0.3) is 0 Å². The molecule has 0 spiro atoms. The Kier molecular flexibility index (Phi) is 3.81. The molecule has 7 heteroatoms. The average Bonchev–Trinajstić information content (AvgIpc) is 2.60. The molecule has 2 amide bonds. The summed E-state index contributed by atoms with van der Waals surface area (Å²) in [5, 5.41) is 8.59. The van der Waals surface area contributed by atoms with Gasteiger partial charge in [-0.2, -0.15) is 5.10 Å². The first-order valence-electron chi connectivity index (χ1n) is 4.41. The van der Waals surface area contributed by atoms with E-state index in [0.717, 1.165) is 0 Å². The van der Waals surface area contributed by atoms with Gasteiger partial charge in [0.2, 0.25) is 0 Å². The average molecular weight is 211 g/mol. The molecule has 0 unspecified atom stereocenters. The molecule has 82 valence electrons. The fourth-order valence-corrected chi connectivity index (χ4v) is 0.940. The van der Waals surface area contributed by atoms with Gasteiger partial charge in [0.05, 0.1) is 11.9 Å². The molecule has 7 nitrogen and oxygen atoms in total. The minimum atomic E-state index is -0.726. The Balaban J connectivity index is 2.45. The van der Waals surface area contributed by atoms with Crippen LogP contribution in [-0.2, 0) is 16.6 Å². The number of hydrogen-bond donors (Lipinski definition) is 3. The Morgan fingerprint density at radius 2 is 2.27 bits per heavy atom. The van der Waals surface area contributed by atoms with Crippen LogP contribution in [0.4, 0.5) is 5.69 Å². The molecule has 15 heavy (non-hydrogen) atoms. The van der Waals surface area contributed by atoms with E-state index in [0.29, 0.717) is 12.2 Å². The lowest BCUT2D eigenvalue weighted by molar-refractivity contribution is -0.136. The summed E-state index contributed by atoms with van der Waals surface area (Å²) in [5.41, 5.74) is 5.65. The highest BCUT2D eigenvalue weighted by Gasteiger charge is 2.12. The second-order valence-electron chi connectivity index (χ2n) is 2.90. The lowest BCUT2D eigenvalue weighted by Gasteiger charge is -2.02. The molecule has 1 rings (SSSR count). The number of carbonyl (C=O) groups excluding carboxylic acids is 2. The van der Waals surface area contributed by atoms with Gasteiger partial charge in [0.1, 0.15) is 0 Å². The van der Waals surface area contributed by atoms with Crippen LogP contribution in [-0.4, -0.2) is 34.7 Å². The summed E-state index contributed by atoms with van der Waals surface area (Å²) in [6.07, 6.45) is 3.04. The number of anilines is 1. The molecule has 0 fully saturated rings. The number of nitrogens with zero attached hydrogens (tertiary/aromatic N) is 2. The molecular weight excluding hydrogens is 198 g/mol. The monoisotopic (exact) mass is 211 g/mol. The SMILES string of the molecule is Cn1cc(NC(=O)C(=O)NCCN)cn1. The van der Waals surface area contributed by atoms with Gasteiger partial charge in [-0.25, -0.2) is 0 Å². The maximum Gasteiger partial charge on any atom is 0.313 e. The van der Waals surface area contributed by atoms with E-state index < -0.39 is 11.8 Å². The molecule has 0 aliphatic carbocycles. The van der Waals surface area contributed by atoms with E-state index in [1.807, 2.05) is 0 Å². The Morgan fingerprint density at radius 1 is 1.53 bits per heavy atom. The van der Waals surface area contributed by atoms with Crippen molar-refractivity contribution in [3.63, 3.8) is 0 Å². The summed E-state index contributed by atoms with van der Waals surface area (Å²) in [5.74, 6) is -1.43. The van der Waals surface area contributed by atoms with E-state index in [-0.39, 0.29) is 6.54 Å². The van der Waals surface area contributed by atoms with E-state index in [1.54, 1.807) is 13.2 Å². The van der Waals surface area contributed by atoms with Gasteiger partial charge in [-0.3, -0.25) is 14.3 Å². The van der Waals surface area contributed by atoms with Crippen molar-refractivity contribution < 1.29 is 9.59 Å². The van der Waals surface area contributed by atoms with Crippen LogP contribution >= 0.6 is 0 Å². The molecule has 1 aromatic rings. The quantitative estimate of drug-likeness (QED) is 0.526. The summed E-state index contributed by atoms with van der Waals surface area (Å²) in [4.78, 5) is 22.3. The van der Waals surface area contributed by atoms with E-state index in [1.165, 1.54) is 10.9 Å². The molecule has 1 heterocycles. The normalized spacial score (nSPS) is 9.73. The van der Waals surface area contributed by atoms with Gasteiger partial charge < -0.3 is 16.4 Å². The molecule has 0 aliphatic heterocycles. The predicted molar refractivity (Wildman–Crippen MR) is 53.9 cm³/mol. The summed E-state index contributed by atoms with van der Waals surface area (Å²) < 4.78 is 1.52. The second-order valence-corrected chi connectivity index (χ2v) is 2.90. The number of hydrogen-bond acceptors (Lipinski definition) is 4. The Labute approximate surface area is 86.6 Å². The standard InChI is InChI=1S/C8H13N5O2/c1-13-5-6(4-11-13)12-8(15)7(14)10-3-2-9/h4-5H,2-3,9H2,1H3,(H,10,14)(H,12,15). The first-order chi connectivity index (χ1) is 7.13. The van der Waals surface area contributed by atoms with Crippen molar-refractivity contribution in [2.24, 2.45) is 12.8 Å². The third-order valence-electron chi connectivity index (χ3n) is 1.60. The Bertz CT molecular complexity index is 360. The summed E-state index contributed by atoms with van der Waals surface area (Å²) in [6, 6.07) is 0. The van der Waals surface area contributed by atoms with Crippen LogP contribution in [0.2, 0.25) is 0 Å². The lowest BCUT2D eigenvalue weighted by atomic mass is 10.4. The van der Waals surface area contributed by atoms with Crippen molar-refractivity contribution in [3.05, 3.63) is 12.4 Å². The van der Waals surface area contributed by atoms with E-state index in [2.05, 4.69) is 15.7 Å². The van der Waals surface area contributed by atoms with Crippen molar-refractivity contribution in [2.75, 3.05) is 18.4 Å². The number of carbonyl (C=O) groups is 2. The largest absolute Gasteiger partial charge is 0.347 e. The van der Waals surface area contributed by atoms with Gasteiger partial charge in [-0.15, -0.1) is 0 Å². The summed E-state index contributed by atoms with van der Waals surface area (Å²) >= 11 is 0.